The van der Waals surface area contributed by atoms with Crippen LogP contribution in [0.3, 0.4) is 0 Å². The molecule has 0 aliphatic heterocycles. The van der Waals surface area contributed by atoms with E-state index in [0.29, 0.717) is 22.6 Å². The number of hydrogen-bond donors (Lipinski definition) is 2. The molecule has 0 unspecified atom stereocenters. The molecule has 5 heteroatoms. The summed E-state index contributed by atoms with van der Waals surface area (Å²) < 4.78 is 5.68. The molecule has 0 aliphatic rings. The number of para-hydroxylation sites is 1. The van der Waals surface area contributed by atoms with Crippen LogP contribution < -0.4 is 4.74 Å². The topological polar surface area (TPSA) is 83.8 Å². The lowest BCUT2D eigenvalue weighted by atomic mass is 10.0. The maximum atomic E-state index is 11.0. The molecular weight excluding hydrogens is 272 g/mol. The zero-order valence-corrected chi connectivity index (χ0v) is 11.2. The van der Waals surface area contributed by atoms with Crippen LogP contribution in [0.5, 0.6) is 11.5 Å². The summed E-state index contributed by atoms with van der Waals surface area (Å²) in [5.74, 6) is -1.12. The van der Waals surface area contributed by atoms with E-state index in [2.05, 4.69) is 0 Å². The number of carboxylic acid groups (broad SMARTS) is 2. The zero-order chi connectivity index (χ0) is 15.2. The molecule has 0 spiro atoms. The van der Waals surface area contributed by atoms with Gasteiger partial charge in [0.1, 0.15) is 11.5 Å². The van der Waals surface area contributed by atoms with E-state index in [-0.39, 0.29) is 12.8 Å². The highest BCUT2D eigenvalue weighted by Gasteiger charge is 2.15. The molecule has 0 atom stereocenters. The van der Waals surface area contributed by atoms with Crippen LogP contribution in [0.15, 0.2) is 48.5 Å². The van der Waals surface area contributed by atoms with Gasteiger partial charge in [0.15, 0.2) is 0 Å². The Morgan fingerprint density at radius 1 is 0.857 bits per heavy atom. The largest absolute Gasteiger partial charge is 0.481 e. The van der Waals surface area contributed by atoms with Gasteiger partial charge in [0.05, 0.1) is 12.8 Å². The summed E-state index contributed by atoms with van der Waals surface area (Å²) in [5.41, 5.74) is 0.828. The van der Waals surface area contributed by atoms with E-state index in [1.807, 2.05) is 6.07 Å². The summed E-state index contributed by atoms with van der Waals surface area (Å²) in [7, 11) is 0. The van der Waals surface area contributed by atoms with Gasteiger partial charge in [0, 0.05) is 5.56 Å². The minimum Gasteiger partial charge on any atom is -0.481 e. The molecule has 2 rings (SSSR count). The van der Waals surface area contributed by atoms with Crippen molar-refractivity contribution in [3.63, 3.8) is 0 Å². The third kappa shape index (κ3) is 4.07. The third-order valence-corrected chi connectivity index (χ3v) is 2.87. The summed E-state index contributed by atoms with van der Waals surface area (Å²) in [4.78, 5) is 21.9. The first-order valence-corrected chi connectivity index (χ1v) is 6.33. The Morgan fingerprint density at radius 3 is 2.14 bits per heavy atom. The Morgan fingerprint density at radius 2 is 1.52 bits per heavy atom. The fourth-order valence-electron chi connectivity index (χ4n) is 2.00. The molecule has 0 aliphatic carbocycles. The predicted octanol–water partition coefficient (Wildman–Crippen LogP) is 2.73. The normalized spacial score (nSPS) is 10.1. The van der Waals surface area contributed by atoms with Gasteiger partial charge in [-0.2, -0.15) is 0 Å². The summed E-state index contributed by atoms with van der Waals surface area (Å²) >= 11 is 0. The van der Waals surface area contributed by atoms with Crippen LogP contribution in [0, 0.1) is 0 Å². The lowest BCUT2D eigenvalue weighted by molar-refractivity contribution is -0.137. The molecule has 0 saturated heterocycles. The van der Waals surface area contributed by atoms with Crippen molar-refractivity contribution in [1.82, 2.24) is 0 Å². The van der Waals surface area contributed by atoms with Gasteiger partial charge in [-0.15, -0.1) is 0 Å². The second-order valence-corrected chi connectivity index (χ2v) is 4.45. The molecule has 0 bridgehead atoms. The Bertz CT molecular complexity index is 649. The molecule has 5 nitrogen and oxygen atoms in total. The fourth-order valence-corrected chi connectivity index (χ4v) is 2.00. The predicted molar refractivity (Wildman–Crippen MR) is 75.6 cm³/mol. The van der Waals surface area contributed by atoms with Crippen LogP contribution in [-0.4, -0.2) is 22.2 Å². The molecular formula is C16H14O5. The van der Waals surface area contributed by atoms with Crippen LogP contribution in [0.25, 0.3) is 0 Å². The molecule has 21 heavy (non-hydrogen) atoms. The molecule has 2 N–H and O–H groups in total. The van der Waals surface area contributed by atoms with Gasteiger partial charge < -0.3 is 14.9 Å². The van der Waals surface area contributed by atoms with Crippen LogP contribution in [0.1, 0.15) is 11.1 Å². The van der Waals surface area contributed by atoms with E-state index < -0.39 is 11.9 Å². The second-order valence-electron chi connectivity index (χ2n) is 4.45. The van der Waals surface area contributed by atoms with Crippen molar-refractivity contribution in [3.05, 3.63) is 59.7 Å². The number of carbonyl (C=O) groups is 2. The van der Waals surface area contributed by atoms with Crippen molar-refractivity contribution < 1.29 is 24.5 Å². The van der Waals surface area contributed by atoms with Crippen LogP contribution >= 0.6 is 0 Å². The van der Waals surface area contributed by atoms with Crippen molar-refractivity contribution in [2.75, 3.05) is 0 Å². The van der Waals surface area contributed by atoms with E-state index in [4.69, 9.17) is 14.9 Å². The maximum absolute atomic E-state index is 11.0. The number of benzene rings is 2. The highest BCUT2D eigenvalue weighted by atomic mass is 16.5. The molecule has 0 aromatic heterocycles. The van der Waals surface area contributed by atoms with Gasteiger partial charge >= 0.3 is 11.9 Å². The van der Waals surface area contributed by atoms with Gasteiger partial charge in [-0.3, -0.25) is 9.59 Å². The second kappa shape index (κ2) is 6.56. The lowest BCUT2D eigenvalue weighted by Gasteiger charge is -2.13. The van der Waals surface area contributed by atoms with Gasteiger partial charge in [-0.25, -0.2) is 0 Å². The average molecular weight is 286 g/mol. The first-order chi connectivity index (χ1) is 10.1. The molecule has 2 aromatic rings. The number of hydrogen-bond acceptors (Lipinski definition) is 3. The van der Waals surface area contributed by atoms with Crippen LogP contribution in [-0.2, 0) is 22.4 Å². The Labute approximate surface area is 121 Å². The Kier molecular flexibility index (Phi) is 4.56. The third-order valence-electron chi connectivity index (χ3n) is 2.87. The Hall–Kier alpha value is -2.82. The number of aliphatic carboxylic acids is 2. The zero-order valence-electron chi connectivity index (χ0n) is 11.2. The molecule has 2 aromatic carbocycles. The van der Waals surface area contributed by atoms with Crippen molar-refractivity contribution >= 4 is 11.9 Å². The smallest absolute Gasteiger partial charge is 0.307 e. The van der Waals surface area contributed by atoms with Crippen molar-refractivity contribution in [3.8, 4) is 11.5 Å². The van der Waals surface area contributed by atoms with E-state index in [1.165, 1.54) is 0 Å². The van der Waals surface area contributed by atoms with E-state index >= 15 is 0 Å². The van der Waals surface area contributed by atoms with E-state index in [1.54, 1.807) is 42.5 Å². The summed E-state index contributed by atoms with van der Waals surface area (Å²) in [6.07, 6.45) is -0.528. The molecule has 0 saturated carbocycles. The van der Waals surface area contributed by atoms with E-state index in [9.17, 15) is 9.59 Å². The van der Waals surface area contributed by atoms with Crippen molar-refractivity contribution in [2.24, 2.45) is 0 Å². The van der Waals surface area contributed by atoms with Gasteiger partial charge in [-0.1, -0.05) is 30.3 Å². The first-order valence-electron chi connectivity index (χ1n) is 6.33. The molecule has 0 heterocycles. The van der Waals surface area contributed by atoms with Gasteiger partial charge in [0.25, 0.3) is 0 Å². The number of ether oxygens (including phenoxy) is 1. The Balaban J connectivity index is 2.39. The summed E-state index contributed by atoms with van der Waals surface area (Å²) in [6, 6.07) is 13.8. The van der Waals surface area contributed by atoms with Crippen molar-refractivity contribution in [1.29, 1.82) is 0 Å². The SMILES string of the molecule is O=C(O)Cc1cccc(Oc2ccccc2)c1CC(=O)O. The summed E-state index contributed by atoms with van der Waals surface area (Å²) in [6.45, 7) is 0. The molecule has 0 radical (unpaired) electrons. The van der Waals surface area contributed by atoms with Crippen LogP contribution in [0.2, 0.25) is 0 Å². The first kappa shape index (κ1) is 14.6. The minimum absolute atomic E-state index is 0.241. The molecule has 108 valence electrons. The van der Waals surface area contributed by atoms with Gasteiger partial charge in [0.2, 0.25) is 0 Å². The molecule has 0 amide bonds. The quantitative estimate of drug-likeness (QED) is 0.853. The monoisotopic (exact) mass is 286 g/mol. The molecule has 0 fully saturated rings. The highest BCUT2D eigenvalue weighted by Crippen LogP contribution is 2.28. The summed E-state index contributed by atoms with van der Waals surface area (Å²) in [5, 5.41) is 17.9. The number of rotatable bonds is 6. The standard InChI is InChI=1S/C16H14O5/c17-15(18)9-11-5-4-8-14(13(11)10-16(19)20)21-12-6-2-1-3-7-12/h1-8H,9-10H2,(H,17,18)(H,19,20). The fraction of sp³-hybridized carbons (Fsp3) is 0.125. The van der Waals surface area contributed by atoms with Crippen LogP contribution in [0.4, 0.5) is 0 Å². The lowest BCUT2D eigenvalue weighted by Crippen LogP contribution is -2.09. The number of carboxylic acids is 2. The van der Waals surface area contributed by atoms with Crippen molar-refractivity contribution in [2.45, 2.75) is 12.8 Å². The maximum Gasteiger partial charge on any atom is 0.307 e. The highest BCUT2D eigenvalue weighted by molar-refractivity contribution is 5.75. The van der Waals surface area contributed by atoms with E-state index in [0.717, 1.165) is 0 Å². The average Bonchev–Trinajstić information content (AvgIpc) is 2.42. The van der Waals surface area contributed by atoms with Gasteiger partial charge in [-0.05, 0) is 23.8 Å². The minimum atomic E-state index is -1.04.